The zero-order chi connectivity index (χ0) is 11.9. The Hall–Kier alpha value is -1.33. The van der Waals surface area contributed by atoms with E-state index < -0.39 is 0 Å². The highest BCUT2D eigenvalue weighted by molar-refractivity contribution is 7.99. The number of nitrogens with zero attached hydrogens (tertiary/aromatic N) is 3. The average Bonchev–Trinajstić information content (AvgIpc) is 2.85. The van der Waals surface area contributed by atoms with E-state index in [9.17, 15) is 0 Å². The van der Waals surface area contributed by atoms with E-state index in [4.69, 9.17) is 4.74 Å². The Kier molecular flexibility index (Phi) is 4.58. The maximum atomic E-state index is 5.26. The Bertz CT molecular complexity index is 444. The molecule has 2 rings (SSSR count). The van der Waals surface area contributed by atoms with E-state index in [0.29, 0.717) is 0 Å². The highest BCUT2D eigenvalue weighted by Crippen LogP contribution is 2.13. The van der Waals surface area contributed by atoms with Crippen LogP contribution in [0.2, 0.25) is 0 Å². The van der Waals surface area contributed by atoms with Crippen molar-refractivity contribution >= 4 is 11.8 Å². The van der Waals surface area contributed by atoms with Gasteiger partial charge in [-0.25, -0.2) is 9.67 Å². The molecule has 0 N–H and O–H groups in total. The molecule has 0 aliphatic rings. The van der Waals surface area contributed by atoms with Gasteiger partial charge in [0.25, 0.3) is 0 Å². The lowest BCUT2D eigenvalue weighted by atomic mass is 10.3. The molecule has 1 aromatic carbocycles. The van der Waals surface area contributed by atoms with E-state index in [1.54, 1.807) is 22.8 Å². The van der Waals surface area contributed by atoms with Crippen LogP contribution >= 0.6 is 11.8 Å². The van der Waals surface area contributed by atoms with E-state index in [0.717, 1.165) is 29.8 Å². The lowest BCUT2D eigenvalue weighted by Crippen LogP contribution is -1.97. The molecule has 0 radical (unpaired) electrons. The van der Waals surface area contributed by atoms with Gasteiger partial charge < -0.3 is 4.74 Å². The first-order valence-electron chi connectivity index (χ1n) is 5.58. The summed E-state index contributed by atoms with van der Waals surface area (Å²) in [6.07, 6.45) is 1.73. The summed E-state index contributed by atoms with van der Waals surface area (Å²) in [6, 6.07) is 9.96. The zero-order valence-electron chi connectivity index (χ0n) is 9.74. The largest absolute Gasteiger partial charge is 0.381 e. The third kappa shape index (κ3) is 3.57. The molecule has 1 heterocycles. The highest BCUT2D eigenvalue weighted by Gasteiger charge is 2.02. The van der Waals surface area contributed by atoms with E-state index in [2.05, 4.69) is 10.1 Å². The van der Waals surface area contributed by atoms with Crippen LogP contribution in [0.4, 0.5) is 0 Å². The maximum Gasteiger partial charge on any atom is 0.208 e. The van der Waals surface area contributed by atoms with Crippen LogP contribution in [0.25, 0.3) is 5.69 Å². The van der Waals surface area contributed by atoms with Crippen molar-refractivity contribution in [2.24, 2.45) is 0 Å². The van der Waals surface area contributed by atoms with Gasteiger partial charge in [-0.1, -0.05) is 30.0 Å². The summed E-state index contributed by atoms with van der Waals surface area (Å²) < 4.78 is 7.04. The predicted octanol–water partition coefficient (Wildman–Crippen LogP) is 2.40. The SMILES string of the molecule is CCOCCSc1ncn(-c2ccccc2)n1. The average molecular weight is 249 g/mol. The summed E-state index contributed by atoms with van der Waals surface area (Å²) in [5.41, 5.74) is 1.02. The molecular formula is C12H15N3OS. The molecule has 1 aromatic heterocycles. The number of para-hydroxylation sites is 1. The molecule has 0 unspecified atom stereocenters. The summed E-state index contributed by atoms with van der Waals surface area (Å²) in [5.74, 6) is 0.882. The predicted molar refractivity (Wildman–Crippen MR) is 68.6 cm³/mol. The standard InChI is InChI=1S/C12H15N3OS/c1-2-16-8-9-17-12-13-10-15(14-12)11-6-4-3-5-7-11/h3-7,10H,2,8-9H2,1H3. The molecule has 0 aliphatic heterocycles. The number of thioether (sulfide) groups is 1. The van der Waals surface area contributed by atoms with Gasteiger partial charge in [-0.3, -0.25) is 0 Å². The molecule has 0 saturated heterocycles. The first-order valence-corrected chi connectivity index (χ1v) is 6.56. The fourth-order valence-electron chi connectivity index (χ4n) is 1.36. The number of ether oxygens (including phenoxy) is 1. The number of rotatable bonds is 6. The maximum absolute atomic E-state index is 5.26. The number of hydrogen-bond acceptors (Lipinski definition) is 4. The molecule has 5 heteroatoms. The van der Waals surface area contributed by atoms with E-state index in [1.165, 1.54) is 0 Å². The van der Waals surface area contributed by atoms with Gasteiger partial charge in [-0.15, -0.1) is 5.10 Å². The second-order valence-electron chi connectivity index (χ2n) is 3.35. The molecule has 17 heavy (non-hydrogen) atoms. The second-order valence-corrected chi connectivity index (χ2v) is 4.41. The highest BCUT2D eigenvalue weighted by atomic mass is 32.2. The normalized spacial score (nSPS) is 10.6. The van der Waals surface area contributed by atoms with Crippen molar-refractivity contribution in [2.45, 2.75) is 12.1 Å². The first kappa shape index (κ1) is 12.1. The van der Waals surface area contributed by atoms with Crippen molar-refractivity contribution in [3.05, 3.63) is 36.7 Å². The lowest BCUT2D eigenvalue weighted by molar-refractivity contribution is 0.164. The van der Waals surface area contributed by atoms with Crippen LogP contribution in [-0.4, -0.2) is 33.7 Å². The van der Waals surface area contributed by atoms with Gasteiger partial charge in [0.15, 0.2) is 0 Å². The van der Waals surface area contributed by atoms with E-state index >= 15 is 0 Å². The minimum Gasteiger partial charge on any atom is -0.381 e. The van der Waals surface area contributed by atoms with Gasteiger partial charge in [0.05, 0.1) is 12.3 Å². The fourth-order valence-corrected chi connectivity index (χ4v) is 2.01. The Balaban J connectivity index is 1.92. The van der Waals surface area contributed by atoms with E-state index in [1.807, 2.05) is 37.3 Å². The van der Waals surface area contributed by atoms with Crippen LogP contribution in [0.3, 0.4) is 0 Å². The molecule has 0 bridgehead atoms. The Labute approximate surface area is 105 Å². The third-order valence-corrected chi connectivity index (χ3v) is 2.97. The van der Waals surface area contributed by atoms with Crippen LogP contribution in [0.15, 0.2) is 41.8 Å². The van der Waals surface area contributed by atoms with Gasteiger partial charge >= 0.3 is 0 Å². The monoisotopic (exact) mass is 249 g/mol. The van der Waals surface area contributed by atoms with Crippen LogP contribution in [0, 0.1) is 0 Å². The summed E-state index contributed by atoms with van der Waals surface area (Å²) in [6.45, 7) is 3.49. The minimum atomic E-state index is 0.737. The van der Waals surface area contributed by atoms with Gasteiger partial charge in [0, 0.05) is 12.4 Å². The number of benzene rings is 1. The van der Waals surface area contributed by atoms with Crippen LogP contribution < -0.4 is 0 Å². The molecule has 2 aromatic rings. The van der Waals surface area contributed by atoms with Gasteiger partial charge in [0.1, 0.15) is 6.33 Å². The summed E-state index contributed by atoms with van der Waals surface area (Å²) in [4.78, 5) is 4.25. The van der Waals surface area contributed by atoms with Crippen LogP contribution in [0.5, 0.6) is 0 Å². The third-order valence-electron chi connectivity index (χ3n) is 2.15. The van der Waals surface area contributed by atoms with Crippen LogP contribution in [0.1, 0.15) is 6.92 Å². The molecule has 4 nitrogen and oxygen atoms in total. The Morgan fingerprint density at radius 1 is 1.29 bits per heavy atom. The molecule has 90 valence electrons. The molecule has 0 spiro atoms. The van der Waals surface area contributed by atoms with Gasteiger partial charge in [0.2, 0.25) is 5.16 Å². The second kappa shape index (κ2) is 6.42. The molecule has 0 amide bonds. The van der Waals surface area contributed by atoms with Crippen molar-refractivity contribution in [3.63, 3.8) is 0 Å². The first-order chi connectivity index (χ1) is 8.40. The van der Waals surface area contributed by atoms with Gasteiger partial charge in [-0.05, 0) is 19.1 Å². The number of aromatic nitrogens is 3. The fraction of sp³-hybridized carbons (Fsp3) is 0.333. The molecule has 0 saturated carbocycles. The quantitative estimate of drug-likeness (QED) is 0.582. The van der Waals surface area contributed by atoms with E-state index in [-0.39, 0.29) is 0 Å². The molecule has 0 fully saturated rings. The summed E-state index contributed by atoms with van der Waals surface area (Å²) in [5, 5.41) is 5.18. The smallest absolute Gasteiger partial charge is 0.208 e. The molecule has 0 atom stereocenters. The Morgan fingerprint density at radius 2 is 2.12 bits per heavy atom. The Morgan fingerprint density at radius 3 is 2.88 bits per heavy atom. The molecule has 0 aliphatic carbocycles. The molecular weight excluding hydrogens is 234 g/mol. The number of hydrogen-bond donors (Lipinski definition) is 0. The summed E-state index contributed by atoms with van der Waals surface area (Å²) in [7, 11) is 0. The van der Waals surface area contributed by atoms with Crippen molar-refractivity contribution < 1.29 is 4.74 Å². The van der Waals surface area contributed by atoms with Crippen LogP contribution in [-0.2, 0) is 4.74 Å². The summed E-state index contributed by atoms with van der Waals surface area (Å²) >= 11 is 1.61. The zero-order valence-corrected chi connectivity index (χ0v) is 10.6. The minimum absolute atomic E-state index is 0.737. The van der Waals surface area contributed by atoms with Gasteiger partial charge in [-0.2, -0.15) is 0 Å². The van der Waals surface area contributed by atoms with Crippen molar-refractivity contribution in [2.75, 3.05) is 19.0 Å². The van der Waals surface area contributed by atoms with Crippen molar-refractivity contribution in [1.29, 1.82) is 0 Å². The lowest BCUT2D eigenvalue weighted by Gasteiger charge is -1.99. The van der Waals surface area contributed by atoms with Crippen molar-refractivity contribution in [1.82, 2.24) is 14.8 Å². The van der Waals surface area contributed by atoms with Crippen molar-refractivity contribution in [3.8, 4) is 5.69 Å². The topological polar surface area (TPSA) is 39.9 Å².